The number of hydrogen-bond donors (Lipinski definition) is 3. The Morgan fingerprint density at radius 1 is 1.03 bits per heavy atom. The first-order chi connectivity index (χ1) is 16.5. The highest BCUT2D eigenvalue weighted by atomic mass is 16.4. The van der Waals surface area contributed by atoms with E-state index >= 15 is 0 Å². The lowest BCUT2D eigenvalue weighted by atomic mass is 9.69. The monoisotopic (exact) mass is 475 g/mol. The molecule has 1 fully saturated rings. The van der Waals surface area contributed by atoms with Gasteiger partial charge >= 0.3 is 5.97 Å². The first-order valence-corrected chi connectivity index (χ1v) is 12.6. The summed E-state index contributed by atoms with van der Waals surface area (Å²) in [5.74, 6) is 4.88. The molecule has 0 bridgehead atoms. The Morgan fingerprint density at radius 2 is 1.60 bits per heavy atom. The van der Waals surface area contributed by atoms with Gasteiger partial charge in [0, 0.05) is 16.5 Å². The van der Waals surface area contributed by atoms with Crippen molar-refractivity contribution in [1.29, 1.82) is 0 Å². The standard InChI is InChI=1S/C30H37NO4/c1-6-30(7-2,25-12-13-26(21(4)19-25)27(32)31-22(5)28(33)34)24-11-10-23(20(3)18-24)14-17-29(35)15-8-9-16-29/h10-13,18-19,22,35H,6-9,15-16H2,1-5H3,(H,31,32)(H,33,34). The topological polar surface area (TPSA) is 86.6 Å². The van der Waals surface area contributed by atoms with Crippen LogP contribution in [0.5, 0.6) is 0 Å². The van der Waals surface area contributed by atoms with Crippen LogP contribution in [0.4, 0.5) is 0 Å². The number of aliphatic carboxylic acids is 1. The van der Waals surface area contributed by atoms with Crippen LogP contribution in [-0.2, 0) is 10.2 Å². The van der Waals surface area contributed by atoms with Gasteiger partial charge in [0.2, 0.25) is 0 Å². The lowest BCUT2D eigenvalue weighted by molar-refractivity contribution is -0.138. The lowest BCUT2D eigenvalue weighted by Gasteiger charge is -2.34. The second-order valence-corrected chi connectivity index (χ2v) is 9.87. The van der Waals surface area contributed by atoms with E-state index in [1.165, 1.54) is 12.5 Å². The van der Waals surface area contributed by atoms with Gasteiger partial charge in [-0.2, -0.15) is 0 Å². The highest BCUT2D eigenvalue weighted by Crippen LogP contribution is 2.40. The quantitative estimate of drug-likeness (QED) is 0.476. The molecular weight excluding hydrogens is 438 g/mol. The zero-order valence-corrected chi connectivity index (χ0v) is 21.5. The van der Waals surface area contributed by atoms with Gasteiger partial charge in [-0.15, -0.1) is 0 Å². The maximum Gasteiger partial charge on any atom is 0.325 e. The van der Waals surface area contributed by atoms with Crippen LogP contribution < -0.4 is 5.32 Å². The summed E-state index contributed by atoms with van der Waals surface area (Å²) in [6.45, 7) is 9.75. The normalized spacial score (nSPS) is 15.7. The van der Waals surface area contributed by atoms with Crippen molar-refractivity contribution in [3.8, 4) is 11.8 Å². The van der Waals surface area contributed by atoms with Gasteiger partial charge in [-0.25, -0.2) is 0 Å². The van der Waals surface area contributed by atoms with Crippen molar-refractivity contribution in [2.75, 3.05) is 0 Å². The maximum atomic E-state index is 12.6. The van der Waals surface area contributed by atoms with Crippen LogP contribution in [-0.4, -0.2) is 33.7 Å². The van der Waals surface area contributed by atoms with Crippen LogP contribution in [0.3, 0.4) is 0 Å². The number of hydrogen-bond acceptors (Lipinski definition) is 3. The van der Waals surface area contributed by atoms with Gasteiger partial charge in [0.05, 0.1) is 0 Å². The molecule has 5 heteroatoms. The van der Waals surface area contributed by atoms with Crippen molar-refractivity contribution < 1.29 is 19.8 Å². The first kappa shape index (κ1) is 26.5. The van der Waals surface area contributed by atoms with E-state index in [4.69, 9.17) is 5.11 Å². The van der Waals surface area contributed by atoms with Crippen molar-refractivity contribution in [3.63, 3.8) is 0 Å². The molecule has 0 spiro atoms. The number of amides is 1. The van der Waals surface area contributed by atoms with E-state index in [0.717, 1.165) is 60.8 Å². The lowest BCUT2D eigenvalue weighted by Crippen LogP contribution is -2.38. The summed E-state index contributed by atoms with van der Waals surface area (Å²) in [6, 6.07) is 11.3. The largest absolute Gasteiger partial charge is 0.480 e. The second-order valence-electron chi connectivity index (χ2n) is 9.87. The number of carboxylic acids is 1. The number of aryl methyl sites for hydroxylation is 2. The van der Waals surface area contributed by atoms with Crippen LogP contribution in [0.1, 0.15) is 97.5 Å². The van der Waals surface area contributed by atoms with Crippen molar-refractivity contribution in [1.82, 2.24) is 5.32 Å². The number of carbonyl (C=O) groups is 2. The van der Waals surface area contributed by atoms with E-state index in [1.54, 1.807) is 6.07 Å². The molecule has 1 atom stereocenters. The van der Waals surface area contributed by atoms with Gasteiger partial charge in [0.25, 0.3) is 5.91 Å². The molecule has 1 amide bonds. The summed E-state index contributed by atoms with van der Waals surface area (Å²) >= 11 is 0. The zero-order chi connectivity index (χ0) is 25.8. The predicted molar refractivity (Wildman–Crippen MR) is 139 cm³/mol. The van der Waals surface area contributed by atoms with Crippen molar-refractivity contribution >= 4 is 11.9 Å². The summed E-state index contributed by atoms with van der Waals surface area (Å²) in [5.41, 5.74) is 4.55. The maximum absolute atomic E-state index is 12.6. The highest BCUT2D eigenvalue weighted by molar-refractivity contribution is 5.97. The molecule has 0 radical (unpaired) electrons. The Kier molecular flexibility index (Phi) is 8.07. The minimum atomic E-state index is -1.07. The average molecular weight is 476 g/mol. The highest BCUT2D eigenvalue weighted by Gasteiger charge is 2.32. The van der Waals surface area contributed by atoms with Crippen molar-refractivity contribution in [3.05, 3.63) is 69.8 Å². The molecule has 0 aromatic heterocycles. The van der Waals surface area contributed by atoms with Gasteiger partial charge in [0.15, 0.2) is 0 Å². The van der Waals surface area contributed by atoms with Crippen LogP contribution in [0.15, 0.2) is 36.4 Å². The van der Waals surface area contributed by atoms with Gasteiger partial charge in [-0.05, 0) is 93.7 Å². The smallest absolute Gasteiger partial charge is 0.325 e. The summed E-state index contributed by atoms with van der Waals surface area (Å²) in [4.78, 5) is 23.7. The van der Waals surface area contributed by atoms with E-state index in [9.17, 15) is 14.7 Å². The van der Waals surface area contributed by atoms with Crippen LogP contribution in [0.2, 0.25) is 0 Å². The zero-order valence-electron chi connectivity index (χ0n) is 21.5. The third kappa shape index (κ3) is 5.60. The van der Waals surface area contributed by atoms with E-state index in [2.05, 4.69) is 56.1 Å². The Bertz CT molecular complexity index is 1160. The SMILES string of the molecule is CCC(CC)(c1ccc(C#CC2(O)CCCC2)c(C)c1)c1ccc(C(=O)NC(C)C(=O)O)c(C)c1. The fourth-order valence-electron chi connectivity index (χ4n) is 5.16. The molecule has 3 rings (SSSR count). The minimum Gasteiger partial charge on any atom is -0.480 e. The molecule has 2 aromatic carbocycles. The third-order valence-electron chi connectivity index (χ3n) is 7.59. The van der Waals surface area contributed by atoms with Crippen molar-refractivity contribution in [2.24, 2.45) is 0 Å². The Morgan fingerprint density at radius 3 is 2.11 bits per heavy atom. The van der Waals surface area contributed by atoms with Crippen LogP contribution in [0, 0.1) is 25.7 Å². The summed E-state index contributed by atoms with van der Waals surface area (Å²) in [7, 11) is 0. The molecule has 1 aliphatic carbocycles. The first-order valence-electron chi connectivity index (χ1n) is 12.6. The summed E-state index contributed by atoms with van der Waals surface area (Å²) in [5, 5.41) is 22.2. The summed E-state index contributed by atoms with van der Waals surface area (Å²) in [6.07, 6.45) is 5.31. The molecular formula is C30H37NO4. The van der Waals surface area contributed by atoms with Gasteiger partial charge in [0.1, 0.15) is 11.6 Å². The molecule has 35 heavy (non-hydrogen) atoms. The Labute approximate surface area is 209 Å². The predicted octanol–water partition coefficient (Wildman–Crippen LogP) is 5.27. The van der Waals surface area contributed by atoms with E-state index in [1.807, 2.05) is 19.1 Å². The number of nitrogens with one attached hydrogen (secondary N) is 1. The Balaban J connectivity index is 1.94. The molecule has 0 saturated heterocycles. The van der Waals surface area contributed by atoms with Gasteiger partial charge in [-0.3, -0.25) is 9.59 Å². The van der Waals surface area contributed by atoms with Crippen molar-refractivity contribution in [2.45, 2.75) is 90.2 Å². The molecule has 1 saturated carbocycles. The molecule has 1 aliphatic rings. The third-order valence-corrected chi connectivity index (χ3v) is 7.59. The molecule has 0 heterocycles. The van der Waals surface area contributed by atoms with E-state index in [-0.39, 0.29) is 11.3 Å². The number of benzene rings is 2. The number of rotatable bonds is 7. The molecule has 0 aliphatic heterocycles. The number of carboxylic acid groups (broad SMARTS) is 1. The van der Waals surface area contributed by atoms with Gasteiger partial charge in [-0.1, -0.05) is 50.0 Å². The fourth-order valence-corrected chi connectivity index (χ4v) is 5.16. The van der Waals surface area contributed by atoms with E-state index < -0.39 is 17.6 Å². The minimum absolute atomic E-state index is 0.228. The molecule has 3 N–H and O–H groups in total. The Hall–Kier alpha value is -3.10. The number of aliphatic hydroxyl groups is 1. The van der Waals surface area contributed by atoms with Crippen LogP contribution in [0.25, 0.3) is 0 Å². The average Bonchev–Trinajstić information content (AvgIpc) is 3.26. The summed E-state index contributed by atoms with van der Waals surface area (Å²) < 4.78 is 0. The number of carbonyl (C=O) groups excluding carboxylic acids is 1. The van der Waals surface area contributed by atoms with Gasteiger partial charge < -0.3 is 15.5 Å². The molecule has 5 nitrogen and oxygen atoms in total. The second kappa shape index (κ2) is 10.7. The molecule has 2 aromatic rings. The molecule has 186 valence electrons. The fraction of sp³-hybridized carbons (Fsp3) is 0.467. The molecule has 1 unspecified atom stereocenters. The van der Waals surface area contributed by atoms with E-state index in [0.29, 0.717) is 5.56 Å². The van der Waals surface area contributed by atoms with Crippen LogP contribution >= 0.6 is 0 Å².